The number of hydrogen-bond donors (Lipinski definition) is 0. The smallest absolute Gasteiger partial charge is 0.132 e. The maximum absolute atomic E-state index is 13.3. The number of rotatable bonds is 1. The summed E-state index contributed by atoms with van der Waals surface area (Å²) in [5.41, 5.74) is 2.17. The SMILES string of the molecule is Cc1cnc(C(C)C)c(C)c1F. The molecule has 0 aliphatic heterocycles. The van der Waals surface area contributed by atoms with Gasteiger partial charge in [-0.05, 0) is 19.8 Å². The van der Waals surface area contributed by atoms with Gasteiger partial charge in [0.2, 0.25) is 0 Å². The predicted octanol–water partition coefficient (Wildman–Crippen LogP) is 2.96. The molecule has 1 heterocycles. The van der Waals surface area contributed by atoms with Crippen LogP contribution < -0.4 is 0 Å². The molecule has 0 bridgehead atoms. The van der Waals surface area contributed by atoms with E-state index >= 15 is 0 Å². The molecular weight excluding hydrogens is 153 g/mol. The minimum atomic E-state index is -0.117. The number of aryl methyl sites for hydroxylation is 1. The van der Waals surface area contributed by atoms with Crippen molar-refractivity contribution in [2.24, 2.45) is 0 Å². The Labute approximate surface area is 72.6 Å². The predicted molar refractivity (Wildman–Crippen MR) is 47.8 cm³/mol. The molecule has 0 N–H and O–H groups in total. The van der Waals surface area contributed by atoms with Crippen LogP contribution in [-0.4, -0.2) is 4.98 Å². The molecule has 0 aromatic carbocycles. The lowest BCUT2D eigenvalue weighted by molar-refractivity contribution is 0.597. The molecule has 0 unspecified atom stereocenters. The Hall–Kier alpha value is -0.920. The van der Waals surface area contributed by atoms with Crippen LogP contribution >= 0.6 is 0 Å². The molecule has 0 saturated carbocycles. The lowest BCUT2D eigenvalue weighted by atomic mass is 10.0. The second-order valence-electron chi connectivity index (χ2n) is 3.42. The Balaban J connectivity index is 3.27. The van der Waals surface area contributed by atoms with Crippen molar-refractivity contribution in [3.05, 3.63) is 28.8 Å². The van der Waals surface area contributed by atoms with Crippen molar-refractivity contribution in [1.29, 1.82) is 0 Å². The van der Waals surface area contributed by atoms with Crippen LogP contribution in [-0.2, 0) is 0 Å². The molecule has 0 aliphatic rings. The summed E-state index contributed by atoms with van der Waals surface area (Å²) >= 11 is 0. The molecule has 0 spiro atoms. The standard InChI is InChI=1S/C10H14FN/c1-6(2)10-8(4)9(11)7(3)5-12-10/h5-6H,1-4H3. The summed E-state index contributed by atoms with van der Waals surface area (Å²) in [5.74, 6) is 0.175. The molecule has 0 amide bonds. The van der Waals surface area contributed by atoms with E-state index in [2.05, 4.69) is 4.98 Å². The number of aromatic nitrogens is 1. The monoisotopic (exact) mass is 167 g/mol. The first-order valence-corrected chi connectivity index (χ1v) is 4.15. The molecule has 1 aromatic rings. The summed E-state index contributed by atoms with van der Waals surface area (Å²) < 4.78 is 13.3. The van der Waals surface area contributed by atoms with Gasteiger partial charge in [-0.15, -0.1) is 0 Å². The molecular formula is C10H14FN. The van der Waals surface area contributed by atoms with Gasteiger partial charge in [-0.3, -0.25) is 4.98 Å². The van der Waals surface area contributed by atoms with Crippen LogP contribution in [0.3, 0.4) is 0 Å². The van der Waals surface area contributed by atoms with E-state index in [4.69, 9.17) is 0 Å². The average Bonchev–Trinajstić information content (AvgIpc) is 2.00. The molecule has 0 aliphatic carbocycles. The third kappa shape index (κ3) is 1.47. The number of halogens is 1. The van der Waals surface area contributed by atoms with E-state index in [-0.39, 0.29) is 5.82 Å². The van der Waals surface area contributed by atoms with Crippen LogP contribution in [0.1, 0.15) is 36.6 Å². The quantitative estimate of drug-likeness (QED) is 0.626. The lowest BCUT2D eigenvalue weighted by Gasteiger charge is -2.09. The van der Waals surface area contributed by atoms with E-state index in [9.17, 15) is 4.39 Å². The Morgan fingerprint density at radius 3 is 2.42 bits per heavy atom. The van der Waals surface area contributed by atoms with Gasteiger partial charge >= 0.3 is 0 Å². The van der Waals surface area contributed by atoms with Crippen molar-refractivity contribution in [1.82, 2.24) is 4.98 Å². The fourth-order valence-electron chi connectivity index (χ4n) is 1.31. The first kappa shape index (κ1) is 9.17. The molecule has 1 rings (SSSR count). The number of hydrogen-bond acceptors (Lipinski definition) is 1. The molecule has 0 saturated heterocycles. The van der Waals surface area contributed by atoms with Crippen molar-refractivity contribution in [2.45, 2.75) is 33.6 Å². The zero-order valence-electron chi connectivity index (χ0n) is 7.98. The largest absolute Gasteiger partial charge is 0.260 e. The highest BCUT2D eigenvalue weighted by Gasteiger charge is 2.10. The molecule has 0 atom stereocenters. The molecule has 1 aromatic heterocycles. The second kappa shape index (κ2) is 3.21. The number of pyridine rings is 1. The van der Waals surface area contributed by atoms with Crippen LogP contribution in [0.4, 0.5) is 4.39 Å². The average molecular weight is 167 g/mol. The van der Waals surface area contributed by atoms with Gasteiger partial charge in [0.25, 0.3) is 0 Å². The molecule has 0 radical (unpaired) electrons. The van der Waals surface area contributed by atoms with Gasteiger partial charge in [0.05, 0.1) is 0 Å². The molecule has 1 nitrogen and oxygen atoms in total. The van der Waals surface area contributed by atoms with Gasteiger partial charge in [-0.25, -0.2) is 4.39 Å². The minimum absolute atomic E-state index is 0.117. The van der Waals surface area contributed by atoms with Crippen LogP contribution in [0.5, 0.6) is 0 Å². The maximum Gasteiger partial charge on any atom is 0.132 e. The van der Waals surface area contributed by atoms with Crippen molar-refractivity contribution in [3.8, 4) is 0 Å². The van der Waals surface area contributed by atoms with Crippen LogP contribution in [0.15, 0.2) is 6.20 Å². The highest BCUT2D eigenvalue weighted by molar-refractivity contribution is 5.27. The van der Waals surface area contributed by atoms with Crippen LogP contribution in [0.2, 0.25) is 0 Å². The number of nitrogens with zero attached hydrogens (tertiary/aromatic N) is 1. The van der Waals surface area contributed by atoms with Crippen molar-refractivity contribution in [2.75, 3.05) is 0 Å². The zero-order chi connectivity index (χ0) is 9.30. The fraction of sp³-hybridized carbons (Fsp3) is 0.500. The summed E-state index contributed by atoms with van der Waals surface area (Å²) in [7, 11) is 0. The van der Waals surface area contributed by atoms with Gasteiger partial charge in [0.15, 0.2) is 0 Å². The third-order valence-electron chi connectivity index (χ3n) is 2.00. The van der Waals surface area contributed by atoms with Gasteiger partial charge in [0.1, 0.15) is 5.82 Å². The zero-order valence-corrected chi connectivity index (χ0v) is 7.98. The van der Waals surface area contributed by atoms with Crippen molar-refractivity contribution in [3.63, 3.8) is 0 Å². The summed E-state index contributed by atoms with van der Waals surface area (Å²) in [6.07, 6.45) is 1.59. The summed E-state index contributed by atoms with van der Waals surface area (Å²) in [6, 6.07) is 0. The van der Waals surface area contributed by atoms with Gasteiger partial charge in [-0.2, -0.15) is 0 Å². The first-order valence-electron chi connectivity index (χ1n) is 4.15. The second-order valence-corrected chi connectivity index (χ2v) is 3.42. The highest BCUT2D eigenvalue weighted by atomic mass is 19.1. The summed E-state index contributed by atoms with van der Waals surface area (Å²) in [5, 5.41) is 0. The summed E-state index contributed by atoms with van der Waals surface area (Å²) in [4.78, 5) is 4.20. The van der Waals surface area contributed by atoms with E-state index in [1.165, 1.54) is 0 Å². The van der Waals surface area contributed by atoms with Gasteiger partial charge in [0, 0.05) is 23.0 Å². The van der Waals surface area contributed by atoms with E-state index < -0.39 is 0 Å². The molecule has 12 heavy (non-hydrogen) atoms. The summed E-state index contributed by atoms with van der Waals surface area (Å²) in [6.45, 7) is 7.55. The Morgan fingerprint density at radius 2 is 1.92 bits per heavy atom. The van der Waals surface area contributed by atoms with E-state index in [1.54, 1.807) is 20.0 Å². The topological polar surface area (TPSA) is 12.9 Å². The van der Waals surface area contributed by atoms with E-state index in [0.717, 1.165) is 5.69 Å². The first-order chi connectivity index (χ1) is 5.54. The lowest BCUT2D eigenvalue weighted by Crippen LogP contribution is -2.01. The van der Waals surface area contributed by atoms with Crippen LogP contribution in [0, 0.1) is 19.7 Å². The highest BCUT2D eigenvalue weighted by Crippen LogP contribution is 2.20. The Morgan fingerprint density at radius 1 is 1.33 bits per heavy atom. The molecule has 0 fully saturated rings. The van der Waals surface area contributed by atoms with Gasteiger partial charge in [-0.1, -0.05) is 13.8 Å². The minimum Gasteiger partial charge on any atom is -0.260 e. The van der Waals surface area contributed by atoms with Gasteiger partial charge < -0.3 is 0 Å². The van der Waals surface area contributed by atoms with E-state index in [0.29, 0.717) is 17.0 Å². The molecule has 2 heteroatoms. The third-order valence-corrected chi connectivity index (χ3v) is 2.00. The van der Waals surface area contributed by atoms with Crippen LogP contribution in [0.25, 0.3) is 0 Å². The maximum atomic E-state index is 13.3. The fourth-order valence-corrected chi connectivity index (χ4v) is 1.31. The van der Waals surface area contributed by atoms with Crippen molar-refractivity contribution < 1.29 is 4.39 Å². The van der Waals surface area contributed by atoms with Crippen molar-refractivity contribution >= 4 is 0 Å². The van der Waals surface area contributed by atoms with E-state index in [1.807, 2.05) is 13.8 Å². The Bertz CT molecular complexity index is 292. The Kier molecular flexibility index (Phi) is 2.46. The normalized spacial score (nSPS) is 10.8. The molecule has 66 valence electrons.